The van der Waals surface area contributed by atoms with Gasteiger partial charge < -0.3 is 9.47 Å². The molecule has 1 aromatic heterocycles. The summed E-state index contributed by atoms with van der Waals surface area (Å²) < 4.78 is 2.55. The largest absolute Gasteiger partial charge is 0.347 e. The van der Waals surface area contributed by atoms with Gasteiger partial charge in [-0.05, 0) is 58.6 Å². The summed E-state index contributed by atoms with van der Waals surface area (Å²) in [6, 6.07) is 5.42. The van der Waals surface area contributed by atoms with Crippen molar-refractivity contribution in [3.8, 4) is 0 Å². The lowest BCUT2D eigenvalue weighted by molar-refractivity contribution is 0.166. The average Bonchev–Trinajstić information content (AvgIpc) is 2.80. The Bertz CT molecular complexity index is 402. The minimum absolute atomic E-state index is 0.754. The second kappa shape index (κ2) is 7.28. The summed E-state index contributed by atoms with van der Waals surface area (Å²) in [5, 5.41) is 0. The maximum atomic E-state index is 2.71. The van der Waals surface area contributed by atoms with Gasteiger partial charge in [-0.25, -0.2) is 0 Å². The average molecular weight is 277 g/mol. The second-order valence-corrected chi connectivity index (χ2v) is 6.39. The molecule has 0 N–H and O–H groups in total. The molecular formula is C17H31N3. The number of hydrogen-bond donors (Lipinski definition) is 0. The normalized spacial score (nSPS) is 18.8. The Morgan fingerprint density at radius 3 is 2.45 bits per heavy atom. The van der Waals surface area contributed by atoms with Crippen molar-refractivity contribution in [2.24, 2.45) is 0 Å². The van der Waals surface area contributed by atoms with Crippen molar-refractivity contribution in [2.45, 2.75) is 58.7 Å². The molecule has 3 heteroatoms. The van der Waals surface area contributed by atoms with Gasteiger partial charge in [-0.2, -0.15) is 0 Å². The molecular weight excluding hydrogens is 246 g/mol. The molecule has 0 bridgehead atoms. The lowest BCUT2D eigenvalue weighted by atomic mass is 10.0. The van der Waals surface area contributed by atoms with E-state index in [0.29, 0.717) is 0 Å². The van der Waals surface area contributed by atoms with Crippen molar-refractivity contribution in [3.05, 3.63) is 23.5 Å². The minimum Gasteiger partial charge on any atom is -0.347 e. The predicted octanol–water partition coefficient (Wildman–Crippen LogP) is 2.99. The summed E-state index contributed by atoms with van der Waals surface area (Å²) in [6.45, 7) is 9.35. The van der Waals surface area contributed by atoms with Crippen LogP contribution >= 0.6 is 0 Å². The summed E-state index contributed by atoms with van der Waals surface area (Å²) in [5.41, 5.74) is 3.01. The van der Waals surface area contributed by atoms with Crippen molar-refractivity contribution in [3.63, 3.8) is 0 Å². The molecule has 1 atom stereocenters. The lowest BCUT2D eigenvalue weighted by Gasteiger charge is -2.35. The van der Waals surface area contributed by atoms with E-state index in [0.717, 1.165) is 12.6 Å². The molecule has 0 spiro atoms. The van der Waals surface area contributed by atoms with Crippen LogP contribution in [0.1, 0.15) is 44.5 Å². The molecule has 0 radical (unpaired) electrons. The number of rotatable bonds is 7. The molecule has 2 heterocycles. The van der Waals surface area contributed by atoms with Gasteiger partial charge in [-0.3, -0.25) is 4.90 Å². The Balaban J connectivity index is 2.05. The van der Waals surface area contributed by atoms with E-state index in [9.17, 15) is 0 Å². The highest BCUT2D eigenvalue weighted by molar-refractivity contribution is 5.19. The first kappa shape index (κ1) is 15.6. The van der Waals surface area contributed by atoms with E-state index in [1.165, 1.54) is 56.7 Å². The van der Waals surface area contributed by atoms with Gasteiger partial charge in [0.15, 0.2) is 0 Å². The van der Waals surface area contributed by atoms with Crippen LogP contribution in [0.4, 0.5) is 0 Å². The number of aromatic nitrogens is 1. The third kappa shape index (κ3) is 3.64. The van der Waals surface area contributed by atoms with Crippen LogP contribution in [0, 0.1) is 0 Å². The van der Waals surface area contributed by atoms with Gasteiger partial charge in [0.2, 0.25) is 0 Å². The van der Waals surface area contributed by atoms with Crippen molar-refractivity contribution in [2.75, 3.05) is 27.2 Å². The standard InChI is InChI=1S/C17H31N3/c1-5-10-19(11-6-2)15-9-12-20-16(13-15)7-8-17(20)14-18(3)4/h7-8,15H,5-6,9-14H2,1-4H3/t15-/m1/s1. The van der Waals surface area contributed by atoms with E-state index in [2.05, 4.69) is 54.4 Å². The Morgan fingerprint density at radius 1 is 1.15 bits per heavy atom. The van der Waals surface area contributed by atoms with E-state index in [1.54, 1.807) is 0 Å². The maximum Gasteiger partial charge on any atom is 0.0381 e. The lowest BCUT2D eigenvalue weighted by Crippen LogP contribution is -2.41. The summed E-state index contributed by atoms with van der Waals surface area (Å²) in [6.07, 6.45) is 5.07. The highest BCUT2D eigenvalue weighted by Gasteiger charge is 2.24. The molecule has 1 aliphatic heterocycles. The van der Waals surface area contributed by atoms with Gasteiger partial charge in [0.1, 0.15) is 0 Å². The van der Waals surface area contributed by atoms with E-state index >= 15 is 0 Å². The molecule has 1 aliphatic rings. The van der Waals surface area contributed by atoms with E-state index in [-0.39, 0.29) is 0 Å². The minimum atomic E-state index is 0.754. The van der Waals surface area contributed by atoms with Crippen LogP contribution in [-0.2, 0) is 19.5 Å². The Labute approximate surface area is 124 Å². The predicted molar refractivity (Wildman–Crippen MR) is 86.1 cm³/mol. The number of hydrogen-bond acceptors (Lipinski definition) is 2. The molecule has 20 heavy (non-hydrogen) atoms. The third-order valence-corrected chi connectivity index (χ3v) is 4.31. The Kier molecular flexibility index (Phi) is 5.67. The molecule has 0 saturated heterocycles. The summed E-state index contributed by atoms with van der Waals surface area (Å²) >= 11 is 0. The second-order valence-electron chi connectivity index (χ2n) is 6.39. The van der Waals surface area contributed by atoms with Crippen LogP contribution in [0.5, 0.6) is 0 Å². The quantitative estimate of drug-likeness (QED) is 0.759. The molecule has 2 rings (SSSR count). The molecule has 0 saturated carbocycles. The van der Waals surface area contributed by atoms with Crippen molar-refractivity contribution < 1.29 is 0 Å². The summed E-state index contributed by atoms with van der Waals surface area (Å²) in [7, 11) is 4.30. The first-order valence-electron chi connectivity index (χ1n) is 8.21. The van der Waals surface area contributed by atoms with Crippen molar-refractivity contribution in [1.82, 2.24) is 14.4 Å². The van der Waals surface area contributed by atoms with Gasteiger partial charge in [0, 0.05) is 36.9 Å². The Morgan fingerprint density at radius 2 is 1.85 bits per heavy atom. The number of nitrogens with zero attached hydrogens (tertiary/aromatic N) is 3. The summed E-state index contributed by atoms with van der Waals surface area (Å²) in [5.74, 6) is 0. The fraction of sp³-hybridized carbons (Fsp3) is 0.765. The fourth-order valence-electron chi connectivity index (χ4n) is 3.47. The zero-order chi connectivity index (χ0) is 14.5. The van der Waals surface area contributed by atoms with Crippen molar-refractivity contribution in [1.29, 1.82) is 0 Å². The van der Waals surface area contributed by atoms with Crippen LogP contribution in [0.2, 0.25) is 0 Å². The number of fused-ring (bicyclic) bond motifs is 1. The molecule has 114 valence electrons. The summed E-state index contributed by atoms with van der Waals surface area (Å²) in [4.78, 5) is 4.97. The van der Waals surface area contributed by atoms with Crippen LogP contribution in [0.3, 0.4) is 0 Å². The highest BCUT2D eigenvalue weighted by Crippen LogP contribution is 2.23. The van der Waals surface area contributed by atoms with Gasteiger partial charge in [0.05, 0.1) is 0 Å². The molecule has 0 unspecified atom stereocenters. The first-order valence-corrected chi connectivity index (χ1v) is 8.21. The molecule has 0 aliphatic carbocycles. The molecule has 0 amide bonds. The zero-order valence-corrected chi connectivity index (χ0v) is 13.7. The van der Waals surface area contributed by atoms with Crippen LogP contribution in [-0.4, -0.2) is 47.6 Å². The zero-order valence-electron chi connectivity index (χ0n) is 13.7. The molecule has 0 aromatic carbocycles. The smallest absolute Gasteiger partial charge is 0.0381 e. The van der Waals surface area contributed by atoms with E-state index in [4.69, 9.17) is 0 Å². The van der Waals surface area contributed by atoms with E-state index < -0.39 is 0 Å². The Hall–Kier alpha value is -0.800. The van der Waals surface area contributed by atoms with E-state index in [1.807, 2.05) is 0 Å². The van der Waals surface area contributed by atoms with Crippen LogP contribution < -0.4 is 0 Å². The first-order chi connectivity index (χ1) is 9.65. The van der Waals surface area contributed by atoms with Crippen LogP contribution in [0.15, 0.2) is 12.1 Å². The van der Waals surface area contributed by atoms with Gasteiger partial charge in [-0.1, -0.05) is 13.8 Å². The van der Waals surface area contributed by atoms with Gasteiger partial charge >= 0.3 is 0 Å². The highest BCUT2D eigenvalue weighted by atomic mass is 15.2. The van der Waals surface area contributed by atoms with Gasteiger partial charge in [0.25, 0.3) is 0 Å². The monoisotopic (exact) mass is 277 g/mol. The fourth-order valence-corrected chi connectivity index (χ4v) is 3.47. The van der Waals surface area contributed by atoms with Crippen LogP contribution in [0.25, 0.3) is 0 Å². The van der Waals surface area contributed by atoms with Crippen molar-refractivity contribution >= 4 is 0 Å². The SMILES string of the molecule is CCCN(CCC)[C@@H]1CCn2c(ccc2CN(C)C)C1. The topological polar surface area (TPSA) is 11.4 Å². The maximum absolute atomic E-state index is 2.71. The molecule has 1 aromatic rings. The molecule has 0 fully saturated rings. The third-order valence-electron chi connectivity index (χ3n) is 4.31. The molecule has 3 nitrogen and oxygen atoms in total. The van der Waals surface area contributed by atoms with Gasteiger partial charge in [-0.15, -0.1) is 0 Å².